The maximum atomic E-state index is 5.05. The van der Waals surface area contributed by atoms with Crippen LogP contribution < -0.4 is 0 Å². The SMILES string of the molecule is C1=Nc2c(n3c4ccccc4nc3c3nc4ccccc4n3c3ccccc23)CC1. The van der Waals surface area contributed by atoms with Gasteiger partial charge >= 0.3 is 0 Å². The van der Waals surface area contributed by atoms with Crippen molar-refractivity contribution in [2.45, 2.75) is 12.8 Å². The van der Waals surface area contributed by atoms with Crippen LogP contribution in [0.3, 0.4) is 0 Å². The molecule has 1 aliphatic heterocycles. The summed E-state index contributed by atoms with van der Waals surface area (Å²) in [5, 5.41) is 1.12. The number of aliphatic imine (C=N–C) groups is 1. The van der Waals surface area contributed by atoms with Gasteiger partial charge in [0.15, 0.2) is 11.3 Å². The Hall–Kier alpha value is -3.99. The van der Waals surface area contributed by atoms with Crippen molar-refractivity contribution in [1.82, 2.24) is 18.8 Å². The number of hydrogen-bond donors (Lipinski definition) is 0. The van der Waals surface area contributed by atoms with Crippen molar-refractivity contribution in [1.29, 1.82) is 0 Å². The quantitative estimate of drug-likeness (QED) is 0.338. The second-order valence-electron chi connectivity index (χ2n) is 7.68. The summed E-state index contributed by atoms with van der Waals surface area (Å²) in [6, 6.07) is 25.1. The van der Waals surface area contributed by atoms with Gasteiger partial charge in [0.2, 0.25) is 0 Å². The van der Waals surface area contributed by atoms with Crippen molar-refractivity contribution in [2.24, 2.45) is 4.99 Å². The molecule has 3 aromatic carbocycles. The van der Waals surface area contributed by atoms with Gasteiger partial charge in [-0.1, -0.05) is 42.5 Å². The predicted molar refractivity (Wildman–Crippen MR) is 122 cm³/mol. The number of para-hydroxylation sites is 5. The van der Waals surface area contributed by atoms with E-state index >= 15 is 0 Å². The first-order chi connectivity index (χ1) is 14.9. The van der Waals surface area contributed by atoms with E-state index in [0.29, 0.717) is 0 Å². The third kappa shape index (κ3) is 1.99. The minimum Gasteiger partial charge on any atom is -0.291 e. The van der Waals surface area contributed by atoms with Crippen molar-refractivity contribution in [3.8, 4) is 0 Å². The zero-order chi connectivity index (χ0) is 19.7. The van der Waals surface area contributed by atoms with Gasteiger partial charge in [-0.3, -0.25) is 13.8 Å². The maximum absolute atomic E-state index is 5.05. The Bertz CT molecular complexity index is 1700. The fourth-order valence-corrected chi connectivity index (χ4v) is 4.73. The molecule has 0 bridgehead atoms. The molecule has 0 radical (unpaired) electrons. The number of imidazole rings is 2. The topological polar surface area (TPSA) is 47.0 Å². The second-order valence-corrected chi connectivity index (χ2v) is 7.68. The van der Waals surface area contributed by atoms with Gasteiger partial charge in [-0.2, -0.15) is 0 Å². The Labute approximate surface area is 171 Å². The van der Waals surface area contributed by atoms with E-state index in [1.165, 1.54) is 5.69 Å². The van der Waals surface area contributed by atoms with E-state index in [-0.39, 0.29) is 0 Å². The smallest absolute Gasteiger partial charge is 0.182 e. The first kappa shape index (κ1) is 15.9. The molecule has 0 saturated carbocycles. The van der Waals surface area contributed by atoms with E-state index in [1.54, 1.807) is 0 Å². The van der Waals surface area contributed by atoms with Gasteiger partial charge in [-0.25, -0.2) is 9.97 Å². The summed E-state index contributed by atoms with van der Waals surface area (Å²) in [6.07, 6.45) is 3.87. The summed E-state index contributed by atoms with van der Waals surface area (Å²) >= 11 is 0. The van der Waals surface area contributed by atoms with Gasteiger partial charge in [0, 0.05) is 11.6 Å². The van der Waals surface area contributed by atoms with Crippen LogP contribution >= 0.6 is 0 Å². The summed E-state index contributed by atoms with van der Waals surface area (Å²) in [4.78, 5) is 15.0. The number of rotatable bonds is 0. The highest BCUT2D eigenvalue weighted by atomic mass is 15.1. The van der Waals surface area contributed by atoms with E-state index in [9.17, 15) is 0 Å². The maximum Gasteiger partial charge on any atom is 0.182 e. The minimum atomic E-state index is 0.862. The fraction of sp³-hybridized carbons (Fsp3) is 0.0800. The van der Waals surface area contributed by atoms with Crippen LogP contribution in [0.2, 0.25) is 0 Å². The molecule has 4 heterocycles. The zero-order valence-electron chi connectivity index (χ0n) is 16.2. The van der Waals surface area contributed by atoms with Crippen LogP contribution in [0.1, 0.15) is 12.1 Å². The van der Waals surface area contributed by atoms with E-state index in [1.807, 2.05) is 18.3 Å². The molecule has 6 aromatic rings. The Morgan fingerprint density at radius 2 is 1.23 bits per heavy atom. The number of benzene rings is 3. The molecule has 0 amide bonds. The summed E-state index contributed by atoms with van der Waals surface area (Å²) in [5.74, 6) is 0. The summed E-state index contributed by atoms with van der Waals surface area (Å²) in [7, 11) is 0. The van der Waals surface area contributed by atoms with Gasteiger partial charge in [0.1, 0.15) is 0 Å². The third-order valence-electron chi connectivity index (χ3n) is 6.00. The first-order valence-corrected chi connectivity index (χ1v) is 10.2. The van der Waals surface area contributed by atoms with Gasteiger partial charge in [-0.05, 0) is 43.2 Å². The van der Waals surface area contributed by atoms with Gasteiger partial charge in [0.25, 0.3) is 0 Å². The molecule has 7 rings (SSSR count). The molecule has 0 saturated heterocycles. The summed E-state index contributed by atoms with van der Waals surface area (Å²) in [5.41, 5.74) is 9.12. The molecular weight excluding hydrogens is 370 g/mol. The number of hydrogen-bond acceptors (Lipinski definition) is 3. The molecule has 1 aliphatic rings. The highest BCUT2D eigenvalue weighted by Gasteiger charge is 2.19. The lowest BCUT2D eigenvalue weighted by Crippen LogP contribution is -2.03. The molecule has 0 N–H and O–H groups in total. The molecule has 5 heteroatoms. The third-order valence-corrected chi connectivity index (χ3v) is 6.00. The van der Waals surface area contributed by atoms with E-state index < -0.39 is 0 Å². The van der Waals surface area contributed by atoms with Gasteiger partial charge in [-0.15, -0.1) is 0 Å². The van der Waals surface area contributed by atoms with Crippen molar-refractivity contribution in [3.05, 3.63) is 78.5 Å². The molecule has 0 unspecified atom stereocenters. The molecule has 0 spiro atoms. The van der Waals surface area contributed by atoms with E-state index in [2.05, 4.69) is 69.5 Å². The van der Waals surface area contributed by atoms with Crippen LogP contribution in [-0.2, 0) is 6.42 Å². The molecule has 30 heavy (non-hydrogen) atoms. The molecule has 142 valence electrons. The normalized spacial score (nSPS) is 13.6. The van der Waals surface area contributed by atoms with Crippen LogP contribution in [0.25, 0.3) is 44.3 Å². The number of fused-ring (bicyclic) bond motifs is 12. The lowest BCUT2D eigenvalue weighted by Gasteiger charge is -2.14. The first-order valence-electron chi connectivity index (χ1n) is 10.2. The summed E-state index contributed by atoms with van der Waals surface area (Å²) < 4.78 is 4.51. The van der Waals surface area contributed by atoms with E-state index in [0.717, 1.165) is 62.8 Å². The van der Waals surface area contributed by atoms with Crippen molar-refractivity contribution in [3.63, 3.8) is 0 Å². The minimum absolute atomic E-state index is 0.862. The molecule has 3 aromatic heterocycles. The predicted octanol–water partition coefficient (Wildman–Crippen LogP) is 5.65. The van der Waals surface area contributed by atoms with Crippen LogP contribution in [-0.4, -0.2) is 25.0 Å². The lowest BCUT2D eigenvalue weighted by atomic mass is 10.1. The number of aromatic nitrogens is 4. The van der Waals surface area contributed by atoms with Gasteiger partial charge < -0.3 is 0 Å². The van der Waals surface area contributed by atoms with Gasteiger partial charge in [0.05, 0.1) is 39.0 Å². The average Bonchev–Trinajstić information content (AvgIpc) is 3.36. The number of aryl methyl sites for hydroxylation is 1. The zero-order valence-corrected chi connectivity index (χ0v) is 16.2. The molecule has 0 fully saturated rings. The molecule has 5 nitrogen and oxygen atoms in total. The Morgan fingerprint density at radius 1 is 0.633 bits per heavy atom. The van der Waals surface area contributed by atoms with Crippen LogP contribution in [0, 0.1) is 0 Å². The van der Waals surface area contributed by atoms with Crippen molar-refractivity contribution < 1.29 is 0 Å². The van der Waals surface area contributed by atoms with Crippen LogP contribution in [0.4, 0.5) is 5.69 Å². The van der Waals surface area contributed by atoms with E-state index in [4.69, 9.17) is 15.0 Å². The highest BCUT2D eigenvalue weighted by Crippen LogP contribution is 2.35. The average molecular weight is 387 g/mol. The molecule has 0 aliphatic carbocycles. The Kier molecular flexibility index (Phi) is 3.05. The van der Waals surface area contributed by atoms with Crippen LogP contribution in [0.15, 0.2) is 77.8 Å². The molecule has 0 atom stereocenters. The standard InChI is InChI=1S/C25H17N5/c1-4-11-19-16(8-1)23-22(14-7-15-26-23)30-21-13-6-3-10-18(21)28-25(30)24-27-17-9-2-5-12-20(17)29(19)24/h1-6,8-13,15H,7,14H2. The monoisotopic (exact) mass is 387 g/mol. The fourth-order valence-electron chi connectivity index (χ4n) is 4.73. The molecular formula is C25H17N5. The second kappa shape index (κ2) is 5.76. The summed E-state index contributed by atoms with van der Waals surface area (Å²) in [6.45, 7) is 0. The van der Waals surface area contributed by atoms with Crippen molar-refractivity contribution >= 4 is 56.2 Å². The largest absolute Gasteiger partial charge is 0.291 e. The van der Waals surface area contributed by atoms with Crippen LogP contribution in [0.5, 0.6) is 0 Å². The Morgan fingerprint density at radius 3 is 2.00 bits per heavy atom. The Balaban J connectivity index is 1.94. The lowest BCUT2D eigenvalue weighted by molar-refractivity contribution is 0.942. The van der Waals surface area contributed by atoms with Crippen molar-refractivity contribution in [2.75, 3.05) is 0 Å². The highest BCUT2D eigenvalue weighted by molar-refractivity contribution is 6.00. The number of nitrogens with zero attached hydrogens (tertiary/aromatic N) is 5.